The lowest BCUT2D eigenvalue weighted by Crippen LogP contribution is -2.61. The van der Waals surface area contributed by atoms with Crippen molar-refractivity contribution in [2.75, 3.05) is 6.54 Å². The van der Waals surface area contributed by atoms with Gasteiger partial charge < -0.3 is 10.6 Å². The number of aryl methyl sites for hydroxylation is 1. The number of rotatable bonds is 1. The van der Waals surface area contributed by atoms with Gasteiger partial charge in [-0.05, 0) is 24.0 Å². The van der Waals surface area contributed by atoms with Crippen LogP contribution in [-0.2, 0) is 11.2 Å². The zero-order chi connectivity index (χ0) is 10.4. The van der Waals surface area contributed by atoms with Crippen LogP contribution >= 0.6 is 0 Å². The fourth-order valence-corrected chi connectivity index (χ4v) is 2.62. The number of carbonyl (C=O) groups excluding carboxylic acids is 1. The van der Waals surface area contributed by atoms with Gasteiger partial charge in [0.25, 0.3) is 0 Å². The Hall–Kier alpha value is -1.35. The number of amides is 1. The molecule has 3 heteroatoms. The fraction of sp³-hybridized carbons (Fsp3) is 0.417. The molecule has 0 bridgehead atoms. The molecule has 1 saturated heterocycles. The van der Waals surface area contributed by atoms with Gasteiger partial charge in [0.2, 0.25) is 5.91 Å². The van der Waals surface area contributed by atoms with Crippen molar-refractivity contribution in [3.63, 3.8) is 0 Å². The molecule has 2 aliphatic rings. The molecule has 15 heavy (non-hydrogen) atoms. The van der Waals surface area contributed by atoms with Gasteiger partial charge in [-0.1, -0.05) is 24.3 Å². The lowest BCUT2D eigenvalue weighted by Gasteiger charge is -2.41. The van der Waals surface area contributed by atoms with E-state index < -0.39 is 0 Å². The lowest BCUT2D eigenvalue weighted by molar-refractivity contribution is -0.145. The molecule has 0 spiro atoms. The Morgan fingerprint density at radius 1 is 1.33 bits per heavy atom. The van der Waals surface area contributed by atoms with E-state index >= 15 is 0 Å². The van der Waals surface area contributed by atoms with Gasteiger partial charge in [0.05, 0.1) is 6.04 Å². The number of hydrogen-bond donors (Lipinski definition) is 1. The first-order valence-corrected chi connectivity index (χ1v) is 5.41. The molecule has 3 nitrogen and oxygen atoms in total. The molecular formula is C12H14N2O. The minimum atomic E-state index is -0.252. The maximum Gasteiger partial charge on any atom is 0.241 e. The summed E-state index contributed by atoms with van der Waals surface area (Å²) in [5.41, 5.74) is 8.31. The third-order valence-electron chi connectivity index (χ3n) is 3.47. The third kappa shape index (κ3) is 1.20. The van der Waals surface area contributed by atoms with Crippen LogP contribution in [0.2, 0.25) is 0 Å². The zero-order valence-corrected chi connectivity index (χ0v) is 8.52. The van der Waals surface area contributed by atoms with E-state index in [1.54, 1.807) is 0 Å². The number of nitrogens with zero attached hydrogens (tertiary/aromatic N) is 1. The molecule has 1 amide bonds. The summed E-state index contributed by atoms with van der Waals surface area (Å²) in [5.74, 6) is 0.108. The number of β-lactam (4-membered cyclic amide) rings is 1. The quantitative estimate of drug-likeness (QED) is 0.686. The highest BCUT2D eigenvalue weighted by molar-refractivity contribution is 5.88. The second kappa shape index (κ2) is 3.07. The zero-order valence-electron chi connectivity index (χ0n) is 8.52. The third-order valence-corrected chi connectivity index (χ3v) is 3.47. The van der Waals surface area contributed by atoms with Crippen molar-refractivity contribution in [3.05, 3.63) is 35.4 Å². The summed E-state index contributed by atoms with van der Waals surface area (Å²) in [6, 6.07) is 8.42. The van der Waals surface area contributed by atoms with Crippen molar-refractivity contribution >= 4 is 5.91 Å². The summed E-state index contributed by atoms with van der Waals surface area (Å²) >= 11 is 0. The van der Waals surface area contributed by atoms with Crippen LogP contribution in [0.3, 0.4) is 0 Å². The number of likely N-dealkylation sites (tertiary alicyclic amines) is 1. The predicted molar refractivity (Wildman–Crippen MR) is 57.2 cm³/mol. The van der Waals surface area contributed by atoms with E-state index in [4.69, 9.17) is 5.73 Å². The average molecular weight is 202 g/mol. The largest absolute Gasteiger partial charge is 0.332 e. The Morgan fingerprint density at radius 2 is 2.13 bits per heavy atom. The van der Waals surface area contributed by atoms with Gasteiger partial charge in [-0.25, -0.2) is 0 Å². The smallest absolute Gasteiger partial charge is 0.241 e. The molecule has 1 aliphatic heterocycles. The minimum absolute atomic E-state index is 0.108. The Bertz CT molecular complexity index is 416. The lowest BCUT2D eigenvalue weighted by atomic mass is 10.0. The normalized spacial score (nSPS) is 28.9. The standard InChI is InChI=1S/C12H14N2O/c13-10-7-14(12(10)15)11-6-5-8-3-1-2-4-9(8)11/h1-4,10-11H,5-7,13H2. The predicted octanol–water partition coefficient (Wildman–Crippen LogP) is 0.843. The molecule has 1 fully saturated rings. The molecule has 0 aromatic heterocycles. The van der Waals surface area contributed by atoms with Gasteiger partial charge in [-0.2, -0.15) is 0 Å². The minimum Gasteiger partial charge on any atom is -0.332 e. The highest BCUT2D eigenvalue weighted by Gasteiger charge is 2.40. The van der Waals surface area contributed by atoms with E-state index in [1.165, 1.54) is 11.1 Å². The summed E-state index contributed by atoms with van der Waals surface area (Å²) in [5, 5.41) is 0. The monoisotopic (exact) mass is 202 g/mol. The second-order valence-electron chi connectivity index (χ2n) is 4.35. The first kappa shape index (κ1) is 8.92. The molecule has 3 rings (SSSR count). The summed E-state index contributed by atoms with van der Waals surface area (Å²) in [7, 11) is 0. The molecule has 2 atom stereocenters. The number of nitrogens with two attached hydrogens (primary N) is 1. The van der Waals surface area contributed by atoms with Crippen LogP contribution in [0.1, 0.15) is 23.6 Å². The van der Waals surface area contributed by atoms with Crippen LogP contribution < -0.4 is 5.73 Å². The van der Waals surface area contributed by atoms with Crippen LogP contribution in [0.15, 0.2) is 24.3 Å². The van der Waals surface area contributed by atoms with Crippen LogP contribution in [0.25, 0.3) is 0 Å². The first-order valence-electron chi connectivity index (χ1n) is 5.41. The van der Waals surface area contributed by atoms with Crippen LogP contribution in [0.5, 0.6) is 0 Å². The number of fused-ring (bicyclic) bond motifs is 1. The molecule has 0 radical (unpaired) electrons. The second-order valence-corrected chi connectivity index (χ2v) is 4.35. The van der Waals surface area contributed by atoms with Gasteiger partial charge in [0.15, 0.2) is 0 Å². The van der Waals surface area contributed by atoms with E-state index in [0.717, 1.165) is 19.4 Å². The van der Waals surface area contributed by atoms with E-state index in [-0.39, 0.29) is 18.0 Å². The van der Waals surface area contributed by atoms with Gasteiger partial charge >= 0.3 is 0 Å². The Balaban J connectivity index is 1.89. The molecular weight excluding hydrogens is 188 g/mol. The van der Waals surface area contributed by atoms with Crippen molar-refractivity contribution in [1.82, 2.24) is 4.90 Å². The van der Waals surface area contributed by atoms with Crippen LogP contribution in [-0.4, -0.2) is 23.4 Å². The van der Waals surface area contributed by atoms with Crippen molar-refractivity contribution in [2.24, 2.45) is 5.73 Å². The van der Waals surface area contributed by atoms with Gasteiger partial charge in [0.1, 0.15) is 6.04 Å². The molecule has 1 heterocycles. The first-order chi connectivity index (χ1) is 7.27. The topological polar surface area (TPSA) is 46.3 Å². The van der Waals surface area contributed by atoms with Crippen LogP contribution in [0.4, 0.5) is 0 Å². The SMILES string of the molecule is NC1CN(C2CCc3ccccc32)C1=O. The Morgan fingerprint density at radius 3 is 2.87 bits per heavy atom. The van der Waals surface area contributed by atoms with Crippen molar-refractivity contribution in [3.8, 4) is 0 Å². The highest BCUT2D eigenvalue weighted by Crippen LogP contribution is 2.37. The Kier molecular flexibility index (Phi) is 1.83. The van der Waals surface area contributed by atoms with Crippen molar-refractivity contribution in [1.29, 1.82) is 0 Å². The Labute approximate surface area is 88.9 Å². The number of carbonyl (C=O) groups is 1. The highest BCUT2D eigenvalue weighted by atomic mass is 16.2. The van der Waals surface area contributed by atoms with E-state index in [1.807, 2.05) is 11.0 Å². The summed E-state index contributed by atoms with van der Waals surface area (Å²) in [6.07, 6.45) is 2.14. The van der Waals surface area contributed by atoms with Gasteiger partial charge in [0, 0.05) is 6.54 Å². The average Bonchev–Trinajstić information content (AvgIpc) is 2.69. The molecule has 1 aromatic carbocycles. The maximum absolute atomic E-state index is 11.6. The molecule has 1 aliphatic carbocycles. The van der Waals surface area contributed by atoms with Gasteiger partial charge in [-0.15, -0.1) is 0 Å². The van der Waals surface area contributed by atoms with Crippen molar-refractivity contribution in [2.45, 2.75) is 24.9 Å². The van der Waals surface area contributed by atoms with E-state index in [9.17, 15) is 4.79 Å². The number of benzene rings is 1. The fourth-order valence-electron chi connectivity index (χ4n) is 2.62. The van der Waals surface area contributed by atoms with Crippen LogP contribution in [0, 0.1) is 0 Å². The molecule has 78 valence electrons. The molecule has 2 unspecified atom stereocenters. The van der Waals surface area contributed by atoms with E-state index in [0.29, 0.717) is 0 Å². The van der Waals surface area contributed by atoms with Gasteiger partial charge in [-0.3, -0.25) is 4.79 Å². The molecule has 0 saturated carbocycles. The summed E-state index contributed by atoms with van der Waals surface area (Å²) < 4.78 is 0. The van der Waals surface area contributed by atoms with E-state index in [2.05, 4.69) is 18.2 Å². The summed E-state index contributed by atoms with van der Waals surface area (Å²) in [6.45, 7) is 0.720. The van der Waals surface area contributed by atoms with Crippen molar-refractivity contribution < 1.29 is 4.79 Å². The number of hydrogen-bond acceptors (Lipinski definition) is 2. The molecule has 2 N–H and O–H groups in total. The molecule has 1 aromatic rings. The maximum atomic E-state index is 11.6. The summed E-state index contributed by atoms with van der Waals surface area (Å²) in [4.78, 5) is 13.5.